The van der Waals surface area contributed by atoms with Gasteiger partial charge in [0.15, 0.2) is 0 Å². The molecule has 6 heteroatoms. The number of benzene rings is 2. The number of ether oxygens (including phenoxy) is 2. The Morgan fingerprint density at radius 1 is 1.18 bits per heavy atom. The van der Waals surface area contributed by atoms with Crippen LogP contribution in [-0.4, -0.2) is 43.0 Å². The van der Waals surface area contributed by atoms with Crippen molar-refractivity contribution in [3.05, 3.63) is 41.7 Å². The van der Waals surface area contributed by atoms with Crippen LogP contribution in [0.2, 0.25) is 0 Å². The summed E-state index contributed by atoms with van der Waals surface area (Å²) in [5.74, 6) is 0.809. The maximum atomic E-state index is 12.3. The lowest BCUT2D eigenvalue weighted by molar-refractivity contribution is 0.0526. The summed E-state index contributed by atoms with van der Waals surface area (Å²) in [6.45, 7) is 8.55. The Hall–Kier alpha value is -2.57. The van der Waals surface area contributed by atoms with Gasteiger partial charge in [0.25, 0.3) is 0 Å². The highest BCUT2D eigenvalue weighted by Gasteiger charge is 2.21. The lowest BCUT2D eigenvalue weighted by Crippen LogP contribution is -2.35. The molecule has 2 aromatic carbocycles. The van der Waals surface area contributed by atoms with E-state index in [0.717, 1.165) is 16.2 Å². The summed E-state index contributed by atoms with van der Waals surface area (Å²) in [5.41, 5.74) is 1.09. The minimum Gasteiger partial charge on any atom is -0.490 e. The number of furan rings is 1. The normalized spacial score (nSPS) is 12.6. The second kappa shape index (κ2) is 8.63. The fourth-order valence-electron chi connectivity index (χ4n) is 3.20. The van der Waals surface area contributed by atoms with Crippen molar-refractivity contribution in [3.63, 3.8) is 0 Å². The zero-order valence-electron chi connectivity index (χ0n) is 16.7. The van der Waals surface area contributed by atoms with Crippen molar-refractivity contribution in [2.75, 3.05) is 19.8 Å². The number of fused-ring (bicyclic) bond motifs is 3. The molecule has 1 unspecified atom stereocenters. The molecule has 1 heterocycles. The van der Waals surface area contributed by atoms with Crippen molar-refractivity contribution >= 4 is 27.7 Å². The van der Waals surface area contributed by atoms with Crippen LogP contribution in [0.1, 0.15) is 36.9 Å². The minimum absolute atomic E-state index is 0.183. The van der Waals surface area contributed by atoms with E-state index in [1.165, 1.54) is 0 Å². The molecule has 150 valence electrons. The van der Waals surface area contributed by atoms with Crippen LogP contribution >= 0.6 is 0 Å². The van der Waals surface area contributed by atoms with Gasteiger partial charge in [-0.15, -0.1) is 0 Å². The van der Waals surface area contributed by atoms with E-state index in [1.807, 2.05) is 44.2 Å². The lowest BCUT2D eigenvalue weighted by Gasteiger charge is -2.16. The second-order valence-corrected chi connectivity index (χ2v) is 7.08. The summed E-state index contributed by atoms with van der Waals surface area (Å²) < 4.78 is 16.9. The highest BCUT2D eigenvalue weighted by atomic mass is 16.5. The predicted octanol–water partition coefficient (Wildman–Crippen LogP) is 3.81. The van der Waals surface area contributed by atoms with Gasteiger partial charge in [-0.1, -0.05) is 26.0 Å². The number of aliphatic hydroxyl groups is 1. The van der Waals surface area contributed by atoms with E-state index in [1.54, 1.807) is 13.8 Å². The lowest BCUT2D eigenvalue weighted by atomic mass is 10.0. The topological polar surface area (TPSA) is 80.9 Å². The maximum Gasteiger partial charge on any atom is 0.342 e. The first-order valence-electron chi connectivity index (χ1n) is 9.58. The second-order valence-electron chi connectivity index (χ2n) is 7.08. The molecule has 0 saturated heterocycles. The highest BCUT2D eigenvalue weighted by molar-refractivity contribution is 6.13. The van der Waals surface area contributed by atoms with Gasteiger partial charge in [0.05, 0.1) is 6.61 Å². The van der Waals surface area contributed by atoms with Crippen LogP contribution in [0.4, 0.5) is 0 Å². The molecule has 0 aliphatic rings. The number of carbonyl (C=O) groups excluding carboxylic acids is 1. The van der Waals surface area contributed by atoms with Crippen LogP contribution in [0, 0.1) is 6.92 Å². The Morgan fingerprint density at radius 2 is 1.93 bits per heavy atom. The van der Waals surface area contributed by atoms with E-state index in [-0.39, 0.29) is 12.6 Å². The largest absolute Gasteiger partial charge is 0.490 e. The summed E-state index contributed by atoms with van der Waals surface area (Å²) >= 11 is 0. The van der Waals surface area contributed by atoms with Crippen molar-refractivity contribution in [2.24, 2.45) is 0 Å². The first kappa shape index (κ1) is 20.2. The van der Waals surface area contributed by atoms with Gasteiger partial charge in [-0.05, 0) is 32.0 Å². The van der Waals surface area contributed by atoms with Crippen molar-refractivity contribution in [1.82, 2.24) is 5.32 Å². The number of rotatable bonds is 8. The molecular weight excluding hydrogens is 358 g/mol. The zero-order valence-corrected chi connectivity index (χ0v) is 16.7. The molecule has 0 aliphatic heterocycles. The van der Waals surface area contributed by atoms with Crippen LogP contribution < -0.4 is 10.1 Å². The van der Waals surface area contributed by atoms with Gasteiger partial charge in [-0.2, -0.15) is 0 Å². The molecule has 2 N–H and O–H groups in total. The molecule has 0 spiro atoms. The van der Waals surface area contributed by atoms with Gasteiger partial charge in [0, 0.05) is 28.7 Å². The molecule has 1 aromatic heterocycles. The first-order valence-corrected chi connectivity index (χ1v) is 9.58. The molecule has 0 amide bonds. The average Bonchev–Trinajstić information content (AvgIpc) is 3.01. The number of carbonyl (C=O) groups is 1. The standard InChI is InChI=1S/C22H27NO5/c1-5-26-22(25)20-14(4)28-21-17-7-6-8-19(16(17)9-10-18(20)21)27-12-15(24)11-23-13(2)3/h6-10,13,15,23-24H,5,11-12H2,1-4H3. The van der Waals surface area contributed by atoms with E-state index in [9.17, 15) is 9.90 Å². The molecule has 0 radical (unpaired) electrons. The summed E-state index contributed by atoms with van der Waals surface area (Å²) in [7, 11) is 0. The average molecular weight is 385 g/mol. The molecular formula is C22H27NO5. The van der Waals surface area contributed by atoms with Crippen LogP contribution in [0.25, 0.3) is 21.7 Å². The molecule has 6 nitrogen and oxygen atoms in total. The third kappa shape index (κ3) is 4.13. The summed E-state index contributed by atoms with van der Waals surface area (Å²) in [6, 6.07) is 9.72. The molecule has 0 bridgehead atoms. The molecule has 1 atom stereocenters. The molecule has 0 fully saturated rings. The fraction of sp³-hybridized carbons (Fsp3) is 0.409. The minimum atomic E-state index is -0.609. The summed E-state index contributed by atoms with van der Waals surface area (Å²) in [5, 5.41) is 15.7. The molecule has 3 rings (SSSR count). The Bertz CT molecular complexity index is 976. The first-order chi connectivity index (χ1) is 13.4. The molecule has 0 aliphatic carbocycles. The van der Waals surface area contributed by atoms with E-state index < -0.39 is 6.10 Å². The number of aliphatic hydroxyl groups excluding tert-OH is 1. The number of hydrogen-bond donors (Lipinski definition) is 2. The van der Waals surface area contributed by atoms with Crippen LogP contribution in [0.3, 0.4) is 0 Å². The van der Waals surface area contributed by atoms with Crippen molar-refractivity contribution in [2.45, 2.75) is 39.8 Å². The smallest absolute Gasteiger partial charge is 0.342 e. The van der Waals surface area contributed by atoms with Gasteiger partial charge < -0.3 is 24.3 Å². The Balaban J connectivity index is 1.92. The number of esters is 1. The number of nitrogens with one attached hydrogen (secondary N) is 1. The Morgan fingerprint density at radius 3 is 2.64 bits per heavy atom. The van der Waals surface area contributed by atoms with Crippen molar-refractivity contribution in [1.29, 1.82) is 0 Å². The zero-order chi connectivity index (χ0) is 20.3. The SMILES string of the molecule is CCOC(=O)c1c(C)oc2c1ccc1c(OCC(O)CNC(C)C)cccc12. The fourth-order valence-corrected chi connectivity index (χ4v) is 3.20. The third-order valence-electron chi connectivity index (χ3n) is 4.52. The predicted molar refractivity (Wildman–Crippen MR) is 109 cm³/mol. The van der Waals surface area contributed by atoms with Crippen molar-refractivity contribution < 1.29 is 23.8 Å². The molecule has 28 heavy (non-hydrogen) atoms. The van der Waals surface area contributed by atoms with Crippen LogP contribution in [0.15, 0.2) is 34.7 Å². The highest BCUT2D eigenvalue weighted by Crippen LogP contribution is 2.36. The number of aryl methyl sites for hydroxylation is 1. The maximum absolute atomic E-state index is 12.3. The molecule has 3 aromatic rings. The summed E-state index contributed by atoms with van der Waals surface area (Å²) in [6.07, 6.45) is -0.609. The van der Waals surface area contributed by atoms with E-state index in [0.29, 0.717) is 41.8 Å². The monoisotopic (exact) mass is 385 g/mol. The van der Waals surface area contributed by atoms with E-state index in [2.05, 4.69) is 5.32 Å². The quantitative estimate of drug-likeness (QED) is 0.574. The summed E-state index contributed by atoms with van der Waals surface area (Å²) in [4.78, 5) is 12.3. The van der Waals surface area contributed by atoms with Gasteiger partial charge >= 0.3 is 5.97 Å². The molecule has 0 saturated carbocycles. The van der Waals surface area contributed by atoms with Gasteiger partial charge in [-0.3, -0.25) is 0 Å². The third-order valence-corrected chi connectivity index (χ3v) is 4.52. The van der Waals surface area contributed by atoms with Crippen molar-refractivity contribution in [3.8, 4) is 5.75 Å². The van der Waals surface area contributed by atoms with Gasteiger partial charge in [-0.25, -0.2) is 4.79 Å². The van der Waals surface area contributed by atoms with Crippen LogP contribution in [0.5, 0.6) is 5.75 Å². The Kier molecular flexibility index (Phi) is 6.21. The van der Waals surface area contributed by atoms with Gasteiger partial charge in [0.2, 0.25) is 0 Å². The van der Waals surface area contributed by atoms with Gasteiger partial charge in [0.1, 0.15) is 35.4 Å². The number of hydrogen-bond acceptors (Lipinski definition) is 6. The van der Waals surface area contributed by atoms with E-state index in [4.69, 9.17) is 13.9 Å². The Labute approximate surface area is 164 Å². The van der Waals surface area contributed by atoms with E-state index >= 15 is 0 Å². The van der Waals surface area contributed by atoms with Crippen LogP contribution in [-0.2, 0) is 4.74 Å².